The number of furan rings is 1. The van der Waals surface area contributed by atoms with Crippen molar-refractivity contribution >= 4 is 11.8 Å². The molecule has 0 aromatic carbocycles. The lowest BCUT2D eigenvalue weighted by molar-refractivity contribution is -0.0865. The van der Waals surface area contributed by atoms with Crippen molar-refractivity contribution in [1.82, 2.24) is 5.32 Å². The van der Waals surface area contributed by atoms with Crippen LogP contribution in [0.25, 0.3) is 0 Å². The third-order valence-electron chi connectivity index (χ3n) is 2.63. The maximum absolute atomic E-state index is 12.0. The molecule has 0 amide bonds. The van der Waals surface area contributed by atoms with Crippen LogP contribution in [0.3, 0.4) is 0 Å². The highest BCUT2D eigenvalue weighted by atomic mass is 32.2. The second kappa shape index (κ2) is 7.84. The second-order valence-corrected chi connectivity index (χ2v) is 5.12. The Kier molecular flexibility index (Phi) is 6.09. The third kappa shape index (κ3) is 5.48. The summed E-state index contributed by atoms with van der Waals surface area (Å²) in [5.41, 5.74) is 0. The van der Waals surface area contributed by atoms with Crippen LogP contribution < -0.4 is 5.32 Å². The number of ether oxygens (including phenoxy) is 2. The Hall–Kier alpha value is -0.630. The predicted molar refractivity (Wildman–Crippen MR) is 68.3 cm³/mol. The fourth-order valence-electron chi connectivity index (χ4n) is 1.75. The molecule has 1 fully saturated rings. The fourth-order valence-corrected chi connectivity index (χ4v) is 2.20. The van der Waals surface area contributed by atoms with E-state index in [-0.39, 0.29) is 11.9 Å². The first kappa shape index (κ1) is 14.8. The summed E-state index contributed by atoms with van der Waals surface area (Å²) in [6, 6.07) is 3.53. The minimum absolute atomic E-state index is 0.0672. The summed E-state index contributed by atoms with van der Waals surface area (Å²) < 4.78 is 40.2. The van der Waals surface area contributed by atoms with Crippen LogP contribution in [0.15, 0.2) is 16.5 Å². The van der Waals surface area contributed by atoms with Gasteiger partial charge in [-0.1, -0.05) is 11.8 Å². The Bertz CT molecular complexity index is 370. The molecule has 1 aromatic rings. The minimum Gasteiger partial charge on any atom is -0.464 e. The number of thioether (sulfide) groups is 1. The first-order valence-electron chi connectivity index (χ1n) is 6.11. The van der Waals surface area contributed by atoms with E-state index in [4.69, 9.17) is 13.9 Å². The Labute approximate surface area is 114 Å². The van der Waals surface area contributed by atoms with Gasteiger partial charge in [0, 0.05) is 6.54 Å². The maximum Gasteiger partial charge on any atom is 0.284 e. The van der Waals surface area contributed by atoms with Crippen LogP contribution >= 0.6 is 11.8 Å². The summed E-state index contributed by atoms with van der Waals surface area (Å²) in [7, 11) is 0. The highest BCUT2D eigenvalue weighted by Gasteiger charge is 2.14. The van der Waals surface area contributed by atoms with Crippen LogP contribution in [-0.2, 0) is 21.8 Å². The SMILES string of the molecule is FC(F)SCc1ccc(CNCC2COCCO2)o1. The van der Waals surface area contributed by atoms with E-state index in [2.05, 4.69) is 5.32 Å². The van der Waals surface area contributed by atoms with E-state index in [1.54, 1.807) is 12.1 Å². The second-order valence-electron chi connectivity index (χ2n) is 4.14. The van der Waals surface area contributed by atoms with Crippen molar-refractivity contribution in [3.05, 3.63) is 23.7 Å². The zero-order valence-corrected chi connectivity index (χ0v) is 11.3. The van der Waals surface area contributed by atoms with Gasteiger partial charge in [-0.05, 0) is 12.1 Å². The van der Waals surface area contributed by atoms with Crippen molar-refractivity contribution in [3.63, 3.8) is 0 Å². The zero-order valence-electron chi connectivity index (χ0n) is 10.4. The number of nitrogens with one attached hydrogen (secondary N) is 1. The molecule has 0 aliphatic carbocycles. The summed E-state index contributed by atoms with van der Waals surface area (Å²) in [6.45, 7) is 3.12. The lowest BCUT2D eigenvalue weighted by Crippen LogP contribution is -2.37. The Morgan fingerprint density at radius 3 is 2.89 bits per heavy atom. The number of hydrogen-bond acceptors (Lipinski definition) is 5. The molecule has 1 saturated heterocycles. The molecule has 19 heavy (non-hydrogen) atoms. The van der Waals surface area contributed by atoms with Gasteiger partial charge in [0.2, 0.25) is 0 Å². The molecule has 0 radical (unpaired) electrons. The molecule has 7 heteroatoms. The summed E-state index contributed by atoms with van der Waals surface area (Å²) in [6.07, 6.45) is 0.0672. The van der Waals surface area contributed by atoms with Crippen molar-refractivity contribution in [3.8, 4) is 0 Å². The standard InChI is InChI=1S/C12H17F2NO3S/c13-12(14)19-8-10-2-1-9(18-10)5-15-6-11-7-16-3-4-17-11/h1-2,11-12,15H,3-8H2. The molecule has 0 bridgehead atoms. The van der Waals surface area contributed by atoms with Crippen LogP contribution in [-0.4, -0.2) is 38.2 Å². The average Bonchev–Trinajstić information content (AvgIpc) is 2.86. The van der Waals surface area contributed by atoms with Crippen LogP contribution in [0.1, 0.15) is 11.5 Å². The van der Waals surface area contributed by atoms with Gasteiger partial charge in [0.1, 0.15) is 11.5 Å². The highest BCUT2D eigenvalue weighted by Crippen LogP contribution is 2.21. The average molecular weight is 293 g/mol. The van der Waals surface area contributed by atoms with Crippen molar-refractivity contribution in [1.29, 1.82) is 0 Å². The van der Waals surface area contributed by atoms with Gasteiger partial charge in [-0.2, -0.15) is 8.78 Å². The van der Waals surface area contributed by atoms with E-state index in [1.165, 1.54) is 0 Å². The fraction of sp³-hybridized carbons (Fsp3) is 0.667. The van der Waals surface area contributed by atoms with Crippen molar-refractivity contribution < 1.29 is 22.7 Å². The summed E-state index contributed by atoms with van der Waals surface area (Å²) in [5.74, 6) is -0.867. The smallest absolute Gasteiger partial charge is 0.284 e. The highest BCUT2D eigenvalue weighted by molar-refractivity contribution is 7.98. The minimum atomic E-state index is -2.37. The van der Waals surface area contributed by atoms with Crippen LogP contribution in [0.2, 0.25) is 0 Å². The normalized spacial score (nSPS) is 20.1. The lowest BCUT2D eigenvalue weighted by atomic mass is 10.3. The Balaban J connectivity index is 1.65. The van der Waals surface area contributed by atoms with Gasteiger partial charge in [0.15, 0.2) is 0 Å². The Morgan fingerprint density at radius 1 is 1.32 bits per heavy atom. The molecule has 1 aliphatic rings. The molecule has 1 atom stereocenters. The number of alkyl halides is 2. The molecule has 1 aromatic heterocycles. The van der Waals surface area contributed by atoms with Gasteiger partial charge in [-0.3, -0.25) is 0 Å². The summed E-state index contributed by atoms with van der Waals surface area (Å²) in [5, 5.41) is 3.20. The quantitative estimate of drug-likeness (QED) is 0.835. The van der Waals surface area contributed by atoms with Crippen LogP contribution in [0, 0.1) is 0 Å². The monoisotopic (exact) mass is 293 g/mol. The molecular formula is C12H17F2NO3S. The van der Waals surface area contributed by atoms with Crippen LogP contribution in [0.5, 0.6) is 0 Å². The molecule has 0 saturated carbocycles. The van der Waals surface area contributed by atoms with E-state index in [1.807, 2.05) is 0 Å². The first-order chi connectivity index (χ1) is 9.24. The predicted octanol–water partition coefficient (Wildman–Crippen LogP) is 2.24. The van der Waals surface area contributed by atoms with E-state index in [0.29, 0.717) is 50.4 Å². The molecule has 2 rings (SSSR count). The van der Waals surface area contributed by atoms with Gasteiger partial charge in [0.25, 0.3) is 5.76 Å². The molecule has 2 heterocycles. The maximum atomic E-state index is 12.0. The largest absolute Gasteiger partial charge is 0.464 e. The summed E-state index contributed by atoms with van der Waals surface area (Å²) >= 11 is 0.560. The first-order valence-corrected chi connectivity index (χ1v) is 7.16. The van der Waals surface area contributed by atoms with Crippen molar-refractivity contribution in [2.24, 2.45) is 0 Å². The molecule has 0 spiro atoms. The van der Waals surface area contributed by atoms with Crippen molar-refractivity contribution in [2.45, 2.75) is 24.2 Å². The van der Waals surface area contributed by atoms with Crippen molar-refractivity contribution in [2.75, 3.05) is 26.4 Å². The molecule has 1 unspecified atom stereocenters. The van der Waals surface area contributed by atoms with Crippen LogP contribution in [0.4, 0.5) is 8.78 Å². The molecule has 108 valence electrons. The van der Waals surface area contributed by atoms with E-state index in [9.17, 15) is 8.78 Å². The van der Waals surface area contributed by atoms with Gasteiger partial charge < -0.3 is 19.2 Å². The number of hydrogen-bond donors (Lipinski definition) is 1. The molecular weight excluding hydrogens is 276 g/mol. The van der Waals surface area contributed by atoms with E-state index < -0.39 is 5.76 Å². The number of halogens is 2. The summed E-state index contributed by atoms with van der Waals surface area (Å²) in [4.78, 5) is 0. The molecule has 4 nitrogen and oxygen atoms in total. The molecule has 1 N–H and O–H groups in total. The lowest BCUT2D eigenvalue weighted by Gasteiger charge is -2.22. The topological polar surface area (TPSA) is 43.6 Å². The van der Waals surface area contributed by atoms with Gasteiger partial charge in [-0.25, -0.2) is 0 Å². The van der Waals surface area contributed by atoms with Gasteiger partial charge in [-0.15, -0.1) is 0 Å². The van der Waals surface area contributed by atoms with E-state index >= 15 is 0 Å². The Morgan fingerprint density at radius 2 is 2.16 bits per heavy atom. The van der Waals surface area contributed by atoms with E-state index in [0.717, 1.165) is 5.76 Å². The van der Waals surface area contributed by atoms with Gasteiger partial charge in [0.05, 0.1) is 38.2 Å². The molecule has 1 aliphatic heterocycles. The third-order valence-corrected chi connectivity index (χ3v) is 3.33. The zero-order chi connectivity index (χ0) is 13.5. The van der Waals surface area contributed by atoms with Gasteiger partial charge >= 0.3 is 0 Å². The number of rotatable bonds is 7.